The molecule has 0 spiro atoms. The van der Waals surface area contributed by atoms with Crippen LogP contribution in [-0.4, -0.2) is 87.8 Å². The molecule has 8 heteroatoms. The minimum Gasteiger partial charge on any atom is -0.396 e. The van der Waals surface area contributed by atoms with Crippen molar-refractivity contribution in [2.45, 2.75) is 32.7 Å². The fourth-order valence-corrected chi connectivity index (χ4v) is 3.27. The van der Waals surface area contributed by atoms with E-state index in [1.54, 1.807) is 0 Å². The summed E-state index contributed by atoms with van der Waals surface area (Å²) in [5.41, 5.74) is -0.00702. The molecular formula is C17H35IN4O3. The number of aliphatic imine (C=N–C) groups is 1. The predicted octanol–water partition coefficient (Wildman–Crippen LogP) is 0.669. The SMILES string of the molecule is CCNC(=NCC1(CCO)CCOC1)NCC(C)N1CCOCC1.I. The van der Waals surface area contributed by atoms with Gasteiger partial charge in [-0.15, -0.1) is 24.0 Å². The van der Waals surface area contributed by atoms with E-state index in [1.165, 1.54) is 0 Å². The number of nitrogens with zero attached hydrogens (tertiary/aromatic N) is 2. The van der Waals surface area contributed by atoms with Crippen LogP contribution < -0.4 is 10.6 Å². The Morgan fingerprint density at radius 2 is 2.00 bits per heavy atom. The third kappa shape index (κ3) is 7.54. The van der Waals surface area contributed by atoms with Crippen molar-refractivity contribution in [3.8, 4) is 0 Å². The summed E-state index contributed by atoms with van der Waals surface area (Å²) in [7, 11) is 0. The maximum absolute atomic E-state index is 9.33. The largest absolute Gasteiger partial charge is 0.396 e. The molecule has 0 aromatic carbocycles. The van der Waals surface area contributed by atoms with Gasteiger partial charge in [0.2, 0.25) is 0 Å². The molecule has 2 saturated heterocycles. The van der Waals surface area contributed by atoms with Gasteiger partial charge < -0.3 is 25.2 Å². The summed E-state index contributed by atoms with van der Waals surface area (Å²) in [6.45, 7) is 12.0. The van der Waals surface area contributed by atoms with Gasteiger partial charge >= 0.3 is 0 Å². The van der Waals surface area contributed by atoms with Gasteiger partial charge in [-0.1, -0.05) is 0 Å². The van der Waals surface area contributed by atoms with E-state index in [0.29, 0.717) is 19.2 Å². The molecule has 2 rings (SSSR count). The second-order valence-corrected chi connectivity index (χ2v) is 6.85. The molecule has 2 aliphatic rings. The van der Waals surface area contributed by atoms with Gasteiger partial charge in [0.25, 0.3) is 0 Å². The van der Waals surface area contributed by atoms with Gasteiger partial charge in [0.15, 0.2) is 5.96 Å². The molecule has 2 atom stereocenters. The molecule has 148 valence electrons. The lowest BCUT2D eigenvalue weighted by Gasteiger charge is -2.32. The van der Waals surface area contributed by atoms with Crippen LogP contribution in [0.3, 0.4) is 0 Å². The van der Waals surface area contributed by atoms with E-state index in [4.69, 9.17) is 14.5 Å². The summed E-state index contributed by atoms with van der Waals surface area (Å²) >= 11 is 0. The molecule has 2 fully saturated rings. The van der Waals surface area contributed by atoms with Gasteiger partial charge in [-0.2, -0.15) is 0 Å². The normalized spacial score (nSPS) is 26.1. The number of morpholine rings is 1. The second-order valence-electron chi connectivity index (χ2n) is 6.85. The molecule has 0 saturated carbocycles. The Balaban J connectivity index is 0.00000312. The quantitative estimate of drug-likeness (QED) is 0.275. The van der Waals surface area contributed by atoms with Gasteiger partial charge in [0, 0.05) is 50.8 Å². The number of hydrogen-bond acceptors (Lipinski definition) is 5. The average molecular weight is 470 g/mol. The number of aliphatic hydroxyl groups excluding tert-OH is 1. The van der Waals surface area contributed by atoms with Crippen LogP contribution in [0.15, 0.2) is 4.99 Å². The molecule has 0 bridgehead atoms. The standard InChI is InChI=1S/C17H34N4O3.HI/c1-3-18-16(19-12-15(2)21-6-10-23-11-7-21)20-13-17(4-8-22)5-9-24-14-17;/h15,22H,3-14H2,1-2H3,(H2,18,19,20);1H. The third-order valence-electron chi connectivity index (χ3n) is 4.98. The molecule has 3 N–H and O–H groups in total. The molecule has 2 unspecified atom stereocenters. The van der Waals surface area contributed by atoms with Gasteiger partial charge in [0.05, 0.1) is 26.4 Å². The van der Waals surface area contributed by atoms with Crippen LogP contribution in [0, 0.1) is 5.41 Å². The monoisotopic (exact) mass is 470 g/mol. The molecule has 0 aromatic heterocycles. The number of nitrogens with one attached hydrogen (secondary N) is 2. The molecule has 25 heavy (non-hydrogen) atoms. The average Bonchev–Trinajstić information content (AvgIpc) is 3.07. The van der Waals surface area contributed by atoms with E-state index >= 15 is 0 Å². The van der Waals surface area contributed by atoms with E-state index in [2.05, 4.69) is 29.4 Å². The summed E-state index contributed by atoms with van der Waals surface area (Å²) < 4.78 is 11.0. The predicted molar refractivity (Wildman–Crippen MR) is 111 cm³/mol. The Labute approximate surface area is 168 Å². The highest BCUT2D eigenvalue weighted by atomic mass is 127. The first-order valence-electron chi connectivity index (χ1n) is 9.22. The summed E-state index contributed by atoms with van der Waals surface area (Å²) in [6, 6.07) is 0.443. The topological polar surface area (TPSA) is 78.4 Å². The van der Waals surface area contributed by atoms with Gasteiger partial charge in [-0.05, 0) is 26.7 Å². The van der Waals surface area contributed by atoms with Crippen molar-refractivity contribution >= 4 is 29.9 Å². The van der Waals surface area contributed by atoms with Gasteiger partial charge in [0.1, 0.15) is 0 Å². The number of halogens is 1. The maximum atomic E-state index is 9.33. The molecule has 0 radical (unpaired) electrons. The van der Waals surface area contributed by atoms with Crippen LogP contribution in [-0.2, 0) is 9.47 Å². The first-order valence-corrected chi connectivity index (χ1v) is 9.22. The lowest BCUT2D eigenvalue weighted by atomic mass is 9.84. The number of guanidine groups is 1. The Kier molecular flexibility index (Phi) is 11.2. The summed E-state index contributed by atoms with van der Waals surface area (Å²) in [5, 5.41) is 16.1. The summed E-state index contributed by atoms with van der Waals surface area (Å²) in [6.07, 6.45) is 1.72. The van der Waals surface area contributed by atoms with Gasteiger partial charge in [-0.3, -0.25) is 9.89 Å². The second kappa shape index (κ2) is 12.3. The van der Waals surface area contributed by atoms with Crippen molar-refractivity contribution < 1.29 is 14.6 Å². The zero-order valence-electron chi connectivity index (χ0n) is 15.6. The van der Waals surface area contributed by atoms with Crippen molar-refractivity contribution in [3.63, 3.8) is 0 Å². The third-order valence-corrected chi connectivity index (χ3v) is 4.98. The first-order chi connectivity index (χ1) is 11.7. The Hall–Kier alpha value is -0.160. The smallest absolute Gasteiger partial charge is 0.191 e. The van der Waals surface area contributed by atoms with E-state index in [1.807, 2.05) is 0 Å². The highest BCUT2D eigenvalue weighted by Gasteiger charge is 2.34. The highest BCUT2D eigenvalue weighted by molar-refractivity contribution is 14.0. The molecule has 0 amide bonds. The minimum absolute atomic E-state index is 0. The van der Waals surface area contributed by atoms with Crippen LogP contribution in [0.5, 0.6) is 0 Å². The number of rotatable bonds is 8. The zero-order valence-corrected chi connectivity index (χ0v) is 18.0. The number of hydrogen-bond donors (Lipinski definition) is 3. The fourth-order valence-electron chi connectivity index (χ4n) is 3.27. The van der Waals surface area contributed by atoms with Crippen molar-refractivity contribution in [3.05, 3.63) is 0 Å². The number of aliphatic hydroxyl groups is 1. The van der Waals surface area contributed by atoms with Crippen molar-refractivity contribution in [2.24, 2.45) is 10.4 Å². The molecule has 2 aliphatic heterocycles. The summed E-state index contributed by atoms with van der Waals surface area (Å²) in [5.74, 6) is 0.849. The molecule has 2 heterocycles. The minimum atomic E-state index is -0.00702. The lowest BCUT2D eigenvalue weighted by molar-refractivity contribution is 0.0211. The Morgan fingerprint density at radius 1 is 1.24 bits per heavy atom. The van der Waals surface area contributed by atoms with Crippen LogP contribution in [0.4, 0.5) is 0 Å². The first kappa shape index (κ1) is 22.9. The number of ether oxygens (including phenoxy) is 2. The Bertz CT molecular complexity index is 386. The maximum Gasteiger partial charge on any atom is 0.191 e. The van der Waals surface area contributed by atoms with E-state index in [-0.39, 0.29) is 36.0 Å². The Morgan fingerprint density at radius 3 is 2.60 bits per heavy atom. The highest BCUT2D eigenvalue weighted by Crippen LogP contribution is 2.32. The van der Waals surface area contributed by atoms with Gasteiger partial charge in [-0.25, -0.2) is 0 Å². The molecule has 0 aromatic rings. The van der Waals surface area contributed by atoms with Crippen LogP contribution >= 0.6 is 24.0 Å². The lowest BCUT2D eigenvalue weighted by Crippen LogP contribution is -2.49. The fraction of sp³-hybridized carbons (Fsp3) is 0.941. The van der Waals surface area contributed by atoms with Crippen molar-refractivity contribution in [2.75, 3.05) is 65.8 Å². The molecule has 7 nitrogen and oxygen atoms in total. The van der Waals surface area contributed by atoms with Crippen molar-refractivity contribution in [1.29, 1.82) is 0 Å². The van der Waals surface area contributed by atoms with Crippen LogP contribution in [0.25, 0.3) is 0 Å². The van der Waals surface area contributed by atoms with E-state index < -0.39 is 0 Å². The molecular weight excluding hydrogens is 435 g/mol. The van der Waals surface area contributed by atoms with E-state index in [0.717, 1.165) is 64.8 Å². The molecule has 0 aliphatic carbocycles. The van der Waals surface area contributed by atoms with Crippen molar-refractivity contribution in [1.82, 2.24) is 15.5 Å². The van der Waals surface area contributed by atoms with Crippen LogP contribution in [0.2, 0.25) is 0 Å². The van der Waals surface area contributed by atoms with Crippen LogP contribution in [0.1, 0.15) is 26.7 Å². The van der Waals surface area contributed by atoms with E-state index in [9.17, 15) is 5.11 Å². The summed E-state index contributed by atoms with van der Waals surface area (Å²) in [4.78, 5) is 7.21. The zero-order chi connectivity index (χ0) is 17.3.